The highest BCUT2D eigenvalue weighted by atomic mass is 15.2. The molecule has 2 rings (SSSR count). The van der Waals surface area contributed by atoms with Crippen LogP contribution in [0.1, 0.15) is 39.3 Å². The third-order valence-corrected chi connectivity index (χ3v) is 4.23. The third-order valence-electron chi connectivity index (χ3n) is 4.23. The zero-order chi connectivity index (χ0) is 15.4. The fourth-order valence-corrected chi connectivity index (χ4v) is 2.61. The van der Waals surface area contributed by atoms with Crippen molar-refractivity contribution in [3.05, 3.63) is 30.1 Å². The summed E-state index contributed by atoms with van der Waals surface area (Å²) in [6, 6.07) is 6.32. The van der Waals surface area contributed by atoms with Crippen molar-refractivity contribution in [3.63, 3.8) is 0 Å². The topological polar surface area (TPSA) is 46.6 Å². The van der Waals surface area contributed by atoms with Crippen molar-refractivity contribution in [1.82, 2.24) is 9.38 Å². The molecule has 0 amide bonds. The maximum absolute atomic E-state index is 6.19. The van der Waals surface area contributed by atoms with Crippen LogP contribution in [0, 0.1) is 5.92 Å². The summed E-state index contributed by atoms with van der Waals surface area (Å²) in [5, 5.41) is 0. The Balaban J connectivity index is 2.38. The summed E-state index contributed by atoms with van der Waals surface area (Å²) in [6.45, 7) is 7.67. The molecule has 0 bridgehead atoms. The summed E-state index contributed by atoms with van der Waals surface area (Å²) in [4.78, 5) is 7.10. The van der Waals surface area contributed by atoms with Gasteiger partial charge in [0, 0.05) is 32.3 Å². The number of nitrogens with two attached hydrogens (primary N) is 1. The van der Waals surface area contributed by atoms with Crippen LogP contribution < -0.4 is 10.6 Å². The van der Waals surface area contributed by atoms with Crippen LogP contribution in [0.3, 0.4) is 0 Å². The Hall–Kier alpha value is -1.55. The zero-order valence-corrected chi connectivity index (χ0v) is 13.7. The quantitative estimate of drug-likeness (QED) is 0.851. The molecular formula is C17H28N4. The van der Waals surface area contributed by atoms with E-state index < -0.39 is 0 Å². The van der Waals surface area contributed by atoms with Crippen molar-refractivity contribution >= 4 is 11.5 Å². The number of fused-ring (bicyclic) bond motifs is 1. The molecule has 0 saturated heterocycles. The van der Waals surface area contributed by atoms with Crippen LogP contribution >= 0.6 is 0 Å². The Morgan fingerprint density at radius 1 is 1.29 bits per heavy atom. The Labute approximate surface area is 128 Å². The summed E-state index contributed by atoms with van der Waals surface area (Å²) in [5.41, 5.74) is 8.42. The molecule has 0 aliphatic heterocycles. The SMILES string of the molecule is CCC(C)CN(C)c1nc2ccccn2c1CC(N)CC. The summed E-state index contributed by atoms with van der Waals surface area (Å²) in [6.07, 6.45) is 5.11. The molecule has 21 heavy (non-hydrogen) atoms. The van der Waals surface area contributed by atoms with E-state index in [9.17, 15) is 0 Å². The van der Waals surface area contributed by atoms with Crippen molar-refractivity contribution in [2.45, 2.75) is 46.1 Å². The van der Waals surface area contributed by atoms with Crippen LogP contribution in [-0.4, -0.2) is 29.0 Å². The number of pyridine rings is 1. The summed E-state index contributed by atoms with van der Waals surface area (Å²) < 4.78 is 2.18. The molecule has 0 aliphatic rings. The lowest BCUT2D eigenvalue weighted by Crippen LogP contribution is -2.27. The molecule has 116 valence electrons. The average Bonchev–Trinajstić information content (AvgIpc) is 2.86. The minimum absolute atomic E-state index is 0.181. The van der Waals surface area contributed by atoms with Gasteiger partial charge in [-0.2, -0.15) is 0 Å². The Kier molecular flexibility index (Phi) is 5.23. The van der Waals surface area contributed by atoms with Crippen molar-refractivity contribution in [3.8, 4) is 0 Å². The molecule has 2 aromatic heterocycles. The van der Waals surface area contributed by atoms with Gasteiger partial charge in [-0.25, -0.2) is 4.98 Å². The zero-order valence-electron chi connectivity index (χ0n) is 13.7. The maximum Gasteiger partial charge on any atom is 0.150 e. The van der Waals surface area contributed by atoms with Crippen LogP contribution in [-0.2, 0) is 6.42 Å². The summed E-state index contributed by atoms with van der Waals surface area (Å²) in [5.74, 6) is 1.73. The van der Waals surface area contributed by atoms with E-state index in [0.717, 1.165) is 30.9 Å². The molecule has 4 nitrogen and oxygen atoms in total. The summed E-state index contributed by atoms with van der Waals surface area (Å²) in [7, 11) is 2.13. The van der Waals surface area contributed by atoms with Crippen molar-refractivity contribution in [2.75, 3.05) is 18.5 Å². The molecule has 2 aromatic rings. The fourth-order valence-electron chi connectivity index (χ4n) is 2.61. The molecule has 0 fully saturated rings. The van der Waals surface area contributed by atoms with Gasteiger partial charge in [0.05, 0.1) is 5.69 Å². The first kappa shape index (κ1) is 15.8. The van der Waals surface area contributed by atoms with Gasteiger partial charge in [0.2, 0.25) is 0 Å². The first-order valence-electron chi connectivity index (χ1n) is 7.99. The van der Waals surface area contributed by atoms with E-state index in [2.05, 4.69) is 49.4 Å². The van der Waals surface area contributed by atoms with Crippen LogP contribution in [0.15, 0.2) is 24.4 Å². The Morgan fingerprint density at radius 2 is 2.05 bits per heavy atom. The lowest BCUT2D eigenvalue weighted by atomic mass is 10.1. The minimum atomic E-state index is 0.181. The molecule has 0 radical (unpaired) electrons. The van der Waals surface area contributed by atoms with Crippen molar-refractivity contribution < 1.29 is 0 Å². The van der Waals surface area contributed by atoms with Gasteiger partial charge in [-0.1, -0.05) is 33.3 Å². The van der Waals surface area contributed by atoms with E-state index in [-0.39, 0.29) is 6.04 Å². The summed E-state index contributed by atoms with van der Waals surface area (Å²) >= 11 is 0. The fraction of sp³-hybridized carbons (Fsp3) is 0.588. The number of aromatic nitrogens is 2. The highest BCUT2D eigenvalue weighted by Crippen LogP contribution is 2.23. The average molecular weight is 288 g/mol. The van der Waals surface area contributed by atoms with Gasteiger partial charge >= 0.3 is 0 Å². The smallest absolute Gasteiger partial charge is 0.150 e. The van der Waals surface area contributed by atoms with E-state index in [0.29, 0.717) is 5.92 Å². The van der Waals surface area contributed by atoms with Gasteiger partial charge in [0.15, 0.2) is 5.82 Å². The maximum atomic E-state index is 6.19. The standard InChI is InChI=1S/C17H28N4/c1-5-13(3)12-20(4)17-15(11-14(18)6-2)21-10-8-7-9-16(21)19-17/h7-10,13-14H,5-6,11-12,18H2,1-4H3. The predicted octanol–water partition coefficient (Wildman–Crippen LogP) is 3.10. The molecule has 2 N–H and O–H groups in total. The van der Waals surface area contributed by atoms with Crippen LogP contribution in [0.2, 0.25) is 0 Å². The molecular weight excluding hydrogens is 260 g/mol. The first-order chi connectivity index (χ1) is 10.1. The molecule has 0 aromatic carbocycles. The number of anilines is 1. The number of imidazole rings is 1. The Morgan fingerprint density at radius 3 is 2.71 bits per heavy atom. The van der Waals surface area contributed by atoms with Gasteiger partial charge in [-0.3, -0.25) is 0 Å². The van der Waals surface area contributed by atoms with Gasteiger partial charge in [0.1, 0.15) is 5.65 Å². The highest BCUT2D eigenvalue weighted by molar-refractivity contribution is 5.55. The van der Waals surface area contributed by atoms with E-state index in [1.165, 1.54) is 12.1 Å². The first-order valence-corrected chi connectivity index (χ1v) is 7.99. The van der Waals surface area contributed by atoms with Gasteiger partial charge in [-0.15, -0.1) is 0 Å². The van der Waals surface area contributed by atoms with Crippen molar-refractivity contribution in [2.24, 2.45) is 11.7 Å². The van der Waals surface area contributed by atoms with E-state index in [1.54, 1.807) is 0 Å². The lowest BCUT2D eigenvalue weighted by molar-refractivity contribution is 0.555. The molecule has 4 heteroatoms. The third kappa shape index (κ3) is 3.56. The van der Waals surface area contributed by atoms with Crippen LogP contribution in [0.4, 0.5) is 5.82 Å². The second kappa shape index (κ2) is 6.94. The lowest BCUT2D eigenvalue weighted by Gasteiger charge is -2.22. The monoisotopic (exact) mass is 288 g/mol. The molecule has 2 heterocycles. The van der Waals surface area contributed by atoms with Crippen LogP contribution in [0.5, 0.6) is 0 Å². The number of rotatable bonds is 7. The normalized spacial score (nSPS) is 14.3. The largest absolute Gasteiger partial charge is 0.358 e. The second-order valence-electron chi connectivity index (χ2n) is 6.08. The van der Waals surface area contributed by atoms with Gasteiger partial charge in [-0.05, 0) is 24.5 Å². The minimum Gasteiger partial charge on any atom is -0.358 e. The molecule has 2 atom stereocenters. The molecule has 0 saturated carbocycles. The highest BCUT2D eigenvalue weighted by Gasteiger charge is 2.18. The van der Waals surface area contributed by atoms with Crippen molar-refractivity contribution in [1.29, 1.82) is 0 Å². The van der Waals surface area contributed by atoms with E-state index in [1.807, 2.05) is 12.1 Å². The Bertz CT molecular complexity index is 575. The molecule has 0 spiro atoms. The van der Waals surface area contributed by atoms with Gasteiger partial charge < -0.3 is 15.0 Å². The number of hydrogen-bond donors (Lipinski definition) is 1. The molecule has 0 aliphatic carbocycles. The van der Waals surface area contributed by atoms with Crippen LogP contribution in [0.25, 0.3) is 5.65 Å². The number of hydrogen-bond acceptors (Lipinski definition) is 3. The number of nitrogens with zero attached hydrogens (tertiary/aromatic N) is 3. The molecule has 2 unspecified atom stereocenters. The van der Waals surface area contributed by atoms with Gasteiger partial charge in [0.25, 0.3) is 0 Å². The van der Waals surface area contributed by atoms with E-state index >= 15 is 0 Å². The predicted molar refractivity (Wildman–Crippen MR) is 89.9 cm³/mol. The van der Waals surface area contributed by atoms with E-state index in [4.69, 9.17) is 10.7 Å². The second-order valence-corrected chi connectivity index (χ2v) is 6.08.